The zero-order valence-electron chi connectivity index (χ0n) is 13.6. The van der Waals surface area contributed by atoms with Crippen molar-refractivity contribution < 1.29 is 42.9 Å². The standard InChI is InChI=1S/C14H19BrO9/c1-6(16)20-5-10-11(21-7(2)17)12(22-8(3)18)13(14(15)24-10)23-9(4)19/h10-14H,5H2,1-4H3/t10-,11-,12-,13+,14-/m1/s1. The van der Waals surface area contributed by atoms with Crippen LogP contribution in [0.5, 0.6) is 0 Å². The summed E-state index contributed by atoms with van der Waals surface area (Å²) in [6, 6.07) is 0. The van der Waals surface area contributed by atoms with E-state index in [1.165, 1.54) is 13.8 Å². The fourth-order valence-corrected chi connectivity index (χ4v) is 2.86. The van der Waals surface area contributed by atoms with Gasteiger partial charge in [0.15, 0.2) is 23.3 Å². The average molecular weight is 411 g/mol. The third-order valence-corrected chi connectivity index (χ3v) is 3.67. The van der Waals surface area contributed by atoms with Crippen LogP contribution in [0.1, 0.15) is 27.7 Å². The highest BCUT2D eigenvalue weighted by atomic mass is 79.9. The van der Waals surface area contributed by atoms with Crippen LogP contribution in [0.25, 0.3) is 0 Å². The summed E-state index contributed by atoms with van der Waals surface area (Å²) in [5.41, 5.74) is 0. The van der Waals surface area contributed by atoms with Gasteiger partial charge in [0.1, 0.15) is 12.7 Å². The Labute approximate surface area is 147 Å². The van der Waals surface area contributed by atoms with Crippen LogP contribution in [-0.4, -0.2) is 59.9 Å². The Morgan fingerprint density at radius 2 is 1.25 bits per heavy atom. The molecule has 1 heterocycles. The van der Waals surface area contributed by atoms with E-state index in [0.29, 0.717) is 0 Å². The van der Waals surface area contributed by atoms with Crippen molar-refractivity contribution in [2.24, 2.45) is 0 Å². The van der Waals surface area contributed by atoms with E-state index < -0.39 is 53.3 Å². The number of hydrogen-bond donors (Lipinski definition) is 0. The van der Waals surface area contributed by atoms with Gasteiger partial charge >= 0.3 is 23.9 Å². The van der Waals surface area contributed by atoms with Gasteiger partial charge in [-0.2, -0.15) is 0 Å². The van der Waals surface area contributed by atoms with Gasteiger partial charge in [0.25, 0.3) is 0 Å². The lowest BCUT2D eigenvalue weighted by atomic mass is 9.99. The molecule has 1 saturated heterocycles. The topological polar surface area (TPSA) is 114 Å². The van der Waals surface area contributed by atoms with Crippen molar-refractivity contribution >= 4 is 39.8 Å². The van der Waals surface area contributed by atoms with Gasteiger partial charge < -0.3 is 23.7 Å². The first-order chi connectivity index (χ1) is 11.1. The van der Waals surface area contributed by atoms with Crippen LogP contribution in [0.4, 0.5) is 0 Å². The third kappa shape index (κ3) is 6.08. The number of carbonyl (C=O) groups is 4. The molecule has 0 spiro atoms. The Bertz CT molecular complexity index is 506. The smallest absolute Gasteiger partial charge is 0.303 e. The van der Waals surface area contributed by atoms with Gasteiger partial charge in [0, 0.05) is 27.7 Å². The van der Waals surface area contributed by atoms with Gasteiger partial charge in [-0.3, -0.25) is 19.2 Å². The maximum atomic E-state index is 11.4. The summed E-state index contributed by atoms with van der Waals surface area (Å²) in [4.78, 5) is 45.1. The van der Waals surface area contributed by atoms with Crippen molar-refractivity contribution in [1.29, 1.82) is 0 Å². The molecule has 0 radical (unpaired) electrons. The first kappa shape index (κ1) is 20.4. The van der Waals surface area contributed by atoms with E-state index in [1.807, 2.05) is 0 Å². The Balaban J connectivity index is 3.11. The predicted octanol–water partition coefficient (Wildman–Crippen LogP) is 0.464. The lowest BCUT2D eigenvalue weighted by molar-refractivity contribution is -0.236. The highest BCUT2D eigenvalue weighted by Crippen LogP contribution is 2.31. The van der Waals surface area contributed by atoms with Gasteiger partial charge in [0.2, 0.25) is 0 Å². The number of rotatable bonds is 5. The highest BCUT2D eigenvalue weighted by molar-refractivity contribution is 9.09. The van der Waals surface area contributed by atoms with Crippen molar-refractivity contribution in [2.75, 3.05) is 6.61 Å². The molecule has 0 aromatic rings. The van der Waals surface area contributed by atoms with Gasteiger partial charge in [-0.25, -0.2) is 0 Å². The van der Waals surface area contributed by atoms with E-state index in [2.05, 4.69) is 15.9 Å². The normalized spacial score (nSPS) is 29.3. The monoisotopic (exact) mass is 410 g/mol. The van der Waals surface area contributed by atoms with Crippen LogP contribution < -0.4 is 0 Å². The number of alkyl halides is 1. The fraction of sp³-hybridized carbons (Fsp3) is 0.714. The van der Waals surface area contributed by atoms with Gasteiger partial charge in [-0.15, -0.1) is 0 Å². The number of carbonyl (C=O) groups excluding carboxylic acids is 4. The molecule has 0 N–H and O–H groups in total. The minimum Gasteiger partial charge on any atom is -0.463 e. The van der Waals surface area contributed by atoms with Crippen LogP contribution in [-0.2, 0) is 42.9 Å². The largest absolute Gasteiger partial charge is 0.463 e. The zero-order chi connectivity index (χ0) is 18.4. The number of hydrogen-bond acceptors (Lipinski definition) is 9. The second kappa shape index (κ2) is 8.97. The summed E-state index contributed by atoms with van der Waals surface area (Å²) in [6.45, 7) is 4.47. The van der Waals surface area contributed by atoms with Crippen LogP contribution in [0.2, 0.25) is 0 Å². The molecule has 24 heavy (non-hydrogen) atoms. The van der Waals surface area contributed by atoms with Crippen LogP contribution in [0, 0.1) is 0 Å². The highest BCUT2D eigenvalue weighted by Gasteiger charge is 2.51. The van der Waals surface area contributed by atoms with E-state index in [4.69, 9.17) is 23.7 Å². The lowest BCUT2D eigenvalue weighted by Crippen LogP contribution is -2.60. The van der Waals surface area contributed by atoms with Crippen LogP contribution in [0.3, 0.4) is 0 Å². The molecule has 136 valence electrons. The van der Waals surface area contributed by atoms with Crippen molar-refractivity contribution in [3.63, 3.8) is 0 Å². The molecule has 5 atom stereocenters. The first-order valence-electron chi connectivity index (χ1n) is 7.06. The summed E-state index contributed by atoms with van der Waals surface area (Å²) in [5.74, 6) is -2.52. The van der Waals surface area contributed by atoms with Crippen molar-refractivity contribution in [1.82, 2.24) is 0 Å². The lowest BCUT2D eigenvalue weighted by Gasteiger charge is -2.42. The Hall–Kier alpha value is -1.68. The van der Waals surface area contributed by atoms with Crippen molar-refractivity contribution in [3.8, 4) is 0 Å². The van der Waals surface area contributed by atoms with Crippen molar-refractivity contribution in [2.45, 2.75) is 57.1 Å². The van der Waals surface area contributed by atoms with Crippen molar-refractivity contribution in [3.05, 3.63) is 0 Å². The Morgan fingerprint density at radius 1 is 0.792 bits per heavy atom. The minimum absolute atomic E-state index is 0.236. The molecule has 0 aliphatic carbocycles. The predicted molar refractivity (Wildman–Crippen MR) is 80.9 cm³/mol. The fourth-order valence-electron chi connectivity index (χ4n) is 2.18. The van der Waals surface area contributed by atoms with E-state index in [9.17, 15) is 19.2 Å². The van der Waals surface area contributed by atoms with Crippen LogP contribution in [0.15, 0.2) is 0 Å². The molecule has 0 unspecified atom stereocenters. The molecule has 0 bridgehead atoms. The summed E-state index contributed by atoms with van der Waals surface area (Å²) < 4.78 is 25.9. The number of esters is 4. The molecule has 1 fully saturated rings. The Morgan fingerprint density at radius 3 is 1.71 bits per heavy atom. The summed E-state index contributed by atoms with van der Waals surface area (Å²) in [7, 11) is 0. The van der Waals surface area contributed by atoms with E-state index in [0.717, 1.165) is 13.8 Å². The number of ether oxygens (including phenoxy) is 5. The third-order valence-electron chi connectivity index (χ3n) is 2.93. The summed E-state index contributed by atoms with van der Waals surface area (Å²) in [5, 5.41) is -0.863. The molecule has 0 saturated carbocycles. The molecular weight excluding hydrogens is 392 g/mol. The number of halogens is 1. The SMILES string of the molecule is CC(=O)OC[C@H]1O[C@@H](Br)[C@@H](OC(C)=O)[C@H](OC(C)=O)[C@@H]1OC(C)=O. The molecule has 1 aliphatic rings. The second-order valence-electron chi connectivity index (χ2n) is 5.05. The zero-order valence-corrected chi connectivity index (χ0v) is 15.2. The quantitative estimate of drug-likeness (QED) is 0.362. The maximum Gasteiger partial charge on any atom is 0.303 e. The molecule has 0 aromatic heterocycles. The van der Waals surface area contributed by atoms with Gasteiger partial charge in [0.05, 0.1) is 0 Å². The molecule has 1 aliphatic heterocycles. The molecule has 1 rings (SSSR count). The average Bonchev–Trinajstić information content (AvgIpc) is 2.42. The summed E-state index contributed by atoms with van der Waals surface area (Å²) >= 11 is 3.18. The van der Waals surface area contributed by atoms with E-state index in [-0.39, 0.29) is 6.61 Å². The van der Waals surface area contributed by atoms with E-state index >= 15 is 0 Å². The second-order valence-corrected chi connectivity index (χ2v) is 5.95. The molecule has 9 nitrogen and oxygen atoms in total. The van der Waals surface area contributed by atoms with Crippen LogP contribution >= 0.6 is 15.9 Å². The molecule has 0 amide bonds. The minimum atomic E-state index is -1.13. The first-order valence-corrected chi connectivity index (χ1v) is 7.98. The maximum absolute atomic E-state index is 11.4. The molecule has 10 heteroatoms. The van der Waals surface area contributed by atoms with Gasteiger partial charge in [-0.05, 0) is 0 Å². The van der Waals surface area contributed by atoms with Gasteiger partial charge in [-0.1, -0.05) is 15.9 Å². The molecular formula is C14H19BrO9. The summed E-state index contributed by atoms with van der Waals surface area (Å²) in [6.07, 6.45) is -4.22. The Kier molecular flexibility index (Phi) is 7.61. The molecule has 0 aromatic carbocycles. The van der Waals surface area contributed by atoms with E-state index in [1.54, 1.807) is 0 Å².